The van der Waals surface area contributed by atoms with Crippen molar-refractivity contribution in [2.45, 2.75) is 24.4 Å². The molecule has 2 aliphatic carbocycles. The summed E-state index contributed by atoms with van der Waals surface area (Å²) in [5, 5.41) is 5.26. The van der Waals surface area contributed by atoms with Crippen molar-refractivity contribution in [1.82, 2.24) is 9.88 Å². The fourth-order valence-electron chi connectivity index (χ4n) is 5.33. The number of benzene rings is 2. The maximum absolute atomic E-state index is 13.3. The van der Waals surface area contributed by atoms with Crippen LogP contribution in [-0.2, 0) is 32.1 Å². The van der Waals surface area contributed by atoms with E-state index < -0.39 is 5.54 Å². The fraction of sp³-hybridized carbons (Fsp3) is 0.206. The van der Waals surface area contributed by atoms with Crippen LogP contribution in [-0.4, -0.2) is 48.4 Å². The monoisotopic (exact) mass is 620 g/mol. The molecule has 6 rings (SSSR count). The summed E-state index contributed by atoms with van der Waals surface area (Å²) in [6.07, 6.45) is 23.6. The predicted octanol–water partition coefficient (Wildman–Crippen LogP) is 6.29. The van der Waals surface area contributed by atoms with Gasteiger partial charge in [-0.25, -0.2) is 4.79 Å². The van der Waals surface area contributed by atoms with Crippen molar-refractivity contribution in [3.63, 3.8) is 0 Å². The number of carbonyl (C=O) groups is 1. The van der Waals surface area contributed by atoms with Crippen molar-refractivity contribution >= 4 is 40.5 Å². The van der Waals surface area contributed by atoms with Crippen molar-refractivity contribution in [2.75, 3.05) is 25.5 Å². The molecule has 10 radical (unpaired) electrons. The zero-order chi connectivity index (χ0) is 28.5. The maximum Gasteiger partial charge on any atom is 2.00 e. The number of unbranched alkanes of at least 4 members (excludes halogenated alkanes) is 1. The number of hydrogen-bond donors (Lipinski definition) is 1. The Balaban J connectivity index is 0.000000612. The number of fused-ring (bicyclic) bond motifs is 1. The number of aliphatic imine (C=N–C) groups is 1. The van der Waals surface area contributed by atoms with E-state index >= 15 is 0 Å². The van der Waals surface area contributed by atoms with Gasteiger partial charge in [-0.3, -0.25) is 9.98 Å². The Hall–Kier alpha value is -2.60. The summed E-state index contributed by atoms with van der Waals surface area (Å²) in [7, 11) is 1.43. The van der Waals surface area contributed by atoms with Gasteiger partial charge in [-0.05, 0) is 100 Å². The molecule has 2 unspecified atom stereocenters. The van der Waals surface area contributed by atoms with Gasteiger partial charge in [-0.1, -0.05) is 41.9 Å². The first-order valence-electron chi connectivity index (χ1n) is 13.7. The second-order valence-electron chi connectivity index (χ2n) is 9.84. The third-order valence-corrected chi connectivity index (χ3v) is 7.51. The molecule has 0 saturated heterocycles. The molecule has 2 aromatic carbocycles. The molecule has 214 valence electrons. The van der Waals surface area contributed by atoms with E-state index in [-0.39, 0.29) is 29.1 Å². The number of nitrogens with one attached hydrogen (secondary N) is 1. The number of rotatable bonds is 9. The number of hydrogen-bond acceptors (Lipinski definition) is 6. The van der Waals surface area contributed by atoms with Crippen molar-refractivity contribution in [2.24, 2.45) is 4.99 Å². The quantitative estimate of drug-likeness (QED) is 0.173. The summed E-state index contributed by atoms with van der Waals surface area (Å²) in [6.45, 7) is 1.58. The number of nitrogens with zero attached hydrogens (tertiary/aromatic N) is 3. The normalized spacial score (nSPS) is 21.6. The number of pyridine rings is 1. The van der Waals surface area contributed by atoms with E-state index in [1.54, 1.807) is 6.20 Å². The van der Waals surface area contributed by atoms with E-state index in [9.17, 15) is 4.79 Å². The zero-order valence-electron chi connectivity index (χ0n) is 23.3. The third-order valence-electron chi connectivity index (χ3n) is 7.27. The number of ether oxygens (including phenoxy) is 1. The molecule has 2 saturated carbocycles. The fourth-order valence-corrected chi connectivity index (χ4v) is 5.50. The van der Waals surface area contributed by atoms with Gasteiger partial charge in [-0.15, -0.1) is 0 Å². The average molecular weight is 621 g/mol. The predicted molar refractivity (Wildman–Crippen MR) is 166 cm³/mol. The Morgan fingerprint density at radius 3 is 2.38 bits per heavy atom. The van der Waals surface area contributed by atoms with E-state index in [4.69, 9.17) is 21.3 Å². The number of esters is 1. The summed E-state index contributed by atoms with van der Waals surface area (Å²) >= 11 is 6.11. The standard InChI is InChI=1S/C29H28ClN4O2.C5H5.Fe/c1-36-28(35)29(22-11-3-2-4-12-22)27(21-9-5-6-10-21)34(20-33-29)18-8-7-16-31-25-15-17-32-26-19-23(30)13-14-24(25)26;1-2-4-5-3-1;/h2-6,9-15,17,19-20,27H,7-8,16,18H2,1H3,(H,31,32);1-5H;/q;;+2. The molecule has 1 aliphatic heterocycles. The van der Waals surface area contributed by atoms with Crippen molar-refractivity contribution < 1.29 is 26.6 Å². The van der Waals surface area contributed by atoms with Crippen LogP contribution in [0.15, 0.2) is 65.8 Å². The van der Waals surface area contributed by atoms with Gasteiger partial charge in [0, 0.05) is 41.3 Å². The van der Waals surface area contributed by atoms with E-state index in [2.05, 4.69) is 28.0 Å². The number of methoxy groups -OCH3 is 1. The minimum Gasteiger partial charge on any atom is -0.467 e. The second kappa shape index (κ2) is 15.7. The molecule has 2 heterocycles. The van der Waals surface area contributed by atoms with Crippen LogP contribution in [0.3, 0.4) is 0 Å². The van der Waals surface area contributed by atoms with Gasteiger partial charge in [-0.2, -0.15) is 0 Å². The average Bonchev–Trinajstić information content (AvgIpc) is 3.80. The first kappa shape index (κ1) is 32.3. The van der Waals surface area contributed by atoms with Gasteiger partial charge >= 0.3 is 23.0 Å². The van der Waals surface area contributed by atoms with Gasteiger partial charge in [0.15, 0.2) is 0 Å². The Bertz CT molecular complexity index is 1310. The summed E-state index contributed by atoms with van der Waals surface area (Å²) in [4.78, 5) is 24.6. The number of aromatic nitrogens is 1. The molecule has 2 fully saturated rings. The van der Waals surface area contributed by atoms with E-state index in [1.165, 1.54) is 7.11 Å². The smallest absolute Gasteiger partial charge is 0.467 e. The van der Waals surface area contributed by atoms with Crippen molar-refractivity contribution in [3.05, 3.63) is 135 Å². The van der Waals surface area contributed by atoms with Gasteiger partial charge < -0.3 is 15.0 Å². The molecule has 8 heteroatoms. The van der Waals surface area contributed by atoms with Crippen LogP contribution in [0, 0.1) is 63.7 Å². The Morgan fingerprint density at radius 2 is 1.69 bits per heavy atom. The minimum atomic E-state index is -1.14. The molecule has 0 bridgehead atoms. The molecule has 2 atom stereocenters. The Kier molecular flexibility index (Phi) is 12.1. The van der Waals surface area contributed by atoms with Crippen molar-refractivity contribution in [1.29, 1.82) is 0 Å². The second-order valence-corrected chi connectivity index (χ2v) is 10.3. The maximum atomic E-state index is 13.3. The summed E-state index contributed by atoms with van der Waals surface area (Å²) in [5.41, 5.74) is 1.61. The topological polar surface area (TPSA) is 66.8 Å². The van der Waals surface area contributed by atoms with Crippen LogP contribution in [0.4, 0.5) is 5.69 Å². The molecule has 0 amide bonds. The van der Waals surface area contributed by atoms with E-state index in [1.807, 2.05) is 106 Å². The SMILES string of the molecule is COC(=O)C1(c2ccccc2)N=CN(CCCCNc2ccnc3cc(Cl)ccc23)C1[C]1[CH][CH][CH][CH]1.[CH]1[CH][CH][CH][CH]1.[Fe+2]. The summed E-state index contributed by atoms with van der Waals surface area (Å²) < 4.78 is 5.30. The van der Waals surface area contributed by atoms with E-state index in [0.29, 0.717) is 5.02 Å². The summed E-state index contributed by atoms with van der Waals surface area (Å²) in [6, 6.07) is 17.2. The van der Waals surface area contributed by atoms with Crippen LogP contribution >= 0.6 is 11.6 Å². The van der Waals surface area contributed by atoms with E-state index in [0.717, 1.165) is 54.0 Å². The minimum absolute atomic E-state index is 0. The largest absolute Gasteiger partial charge is 2.00 e. The molecule has 3 aliphatic rings. The molecule has 3 aromatic rings. The number of halogens is 1. The van der Waals surface area contributed by atoms with Gasteiger partial charge in [0.05, 0.1) is 25.0 Å². The van der Waals surface area contributed by atoms with Gasteiger partial charge in [0.2, 0.25) is 5.54 Å². The van der Waals surface area contributed by atoms with Gasteiger partial charge in [0.25, 0.3) is 0 Å². The first-order chi connectivity index (χ1) is 20.1. The molecule has 0 spiro atoms. The Labute approximate surface area is 266 Å². The molecule has 42 heavy (non-hydrogen) atoms. The summed E-state index contributed by atoms with van der Waals surface area (Å²) in [5.74, 6) is 0.687. The molecule has 1 aromatic heterocycles. The van der Waals surface area contributed by atoms with Crippen molar-refractivity contribution in [3.8, 4) is 0 Å². The molecule has 1 N–H and O–H groups in total. The van der Waals surface area contributed by atoms with Crippen LogP contribution in [0.2, 0.25) is 5.02 Å². The molecular formula is C34H33ClFeN4O2+2. The number of carbonyl (C=O) groups excluding carboxylic acids is 1. The third kappa shape index (κ3) is 7.30. The van der Waals surface area contributed by atoms with Gasteiger partial charge in [0.1, 0.15) is 0 Å². The van der Waals surface area contributed by atoms with Crippen LogP contribution in [0.1, 0.15) is 18.4 Å². The molecular weight excluding hydrogens is 588 g/mol. The van der Waals surface area contributed by atoms with Crippen LogP contribution < -0.4 is 5.32 Å². The van der Waals surface area contributed by atoms with Crippen LogP contribution in [0.25, 0.3) is 10.9 Å². The zero-order valence-corrected chi connectivity index (χ0v) is 25.2. The number of anilines is 1. The van der Waals surface area contributed by atoms with Crippen LogP contribution in [0.5, 0.6) is 0 Å². The molecule has 6 nitrogen and oxygen atoms in total. The Morgan fingerprint density at radius 1 is 0.976 bits per heavy atom. The first-order valence-corrected chi connectivity index (χ1v) is 14.1.